The number of ketones is 1. The van der Waals surface area contributed by atoms with Crippen molar-refractivity contribution < 1.29 is 31.9 Å². The lowest BCUT2D eigenvalue weighted by Crippen LogP contribution is -2.47. The Balaban J connectivity index is 1.55. The smallest absolute Gasteiger partial charge is 0.444 e. The molecule has 1 saturated carbocycles. The van der Waals surface area contributed by atoms with Crippen molar-refractivity contribution in [1.82, 2.24) is 19.9 Å². The van der Waals surface area contributed by atoms with E-state index in [0.717, 1.165) is 30.9 Å². The van der Waals surface area contributed by atoms with Crippen LogP contribution >= 0.6 is 15.9 Å². The first-order valence-electron chi connectivity index (χ1n) is 12.4. The Bertz CT molecular complexity index is 1210. The lowest BCUT2D eigenvalue weighted by molar-refractivity contribution is -0.145. The summed E-state index contributed by atoms with van der Waals surface area (Å²) in [5.41, 5.74) is 1.48. The first kappa shape index (κ1) is 28.4. The Morgan fingerprint density at radius 3 is 2.34 bits per heavy atom. The van der Waals surface area contributed by atoms with Crippen LogP contribution in [0.3, 0.4) is 0 Å². The molecular formula is C26H29BrF4N4O3. The normalized spacial score (nSPS) is 22.0. The van der Waals surface area contributed by atoms with Crippen molar-refractivity contribution in [3.63, 3.8) is 0 Å². The average molecular weight is 601 g/mol. The number of halogens is 5. The first-order chi connectivity index (χ1) is 17.7. The fourth-order valence-electron chi connectivity index (χ4n) is 4.48. The number of rotatable bonds is 6. The van der Waals surface area contributed by atoms with Crippen molar-refractivity contribution in [2.24, 2.45) is 0 Å². The van der Waals surface area contributed by atoms with E-state index in [-0.39, 0.29) is 31.0 Å². The molecule has 0 bridgehead atoms. The van der Waals surface area contributed by atoms with E-state index in [9.17, 15) is 27.2 Å². The van der Waals surface area contributed by atoms with Crippen LogP contribution in [0.2, 0.25) is 0 Å². The number of hydrogen-bond donors (Lipinski definition) is 0. The summed E-state index contributed by atoms with van der Waals surface area (Å²) in [4.78, 5) is 38.8. The Kier molecular flexibility index (Phi) is 7.84. The second kappa shape index (κ2) is 10.5. The van der Waals surface area contributed by atoms with E-state index in [2.05, 4.69) is 25.9 Å². The first-order valence-corrected chi connectivity index (χ1v) is 13.2. The van der Waals surface area contributed by atoms with Gasteiger partial charge in [-0.25, -0.2) is 19.2 Å². The summed E-state index contributed by atoms with van der Waals surface area (Å²) >= 11 is 3.54. The second-order valence-corrected chi connectivity index (χ2v) is 11.6. The lowest BCUT2D eigenvalue weighted by atomic mass is 10.0. The highest BCUT2D eigenvalue weighted by atomic mass is 79.9. The third-order valence-electron chi connectivity index (χ3n) is 6.57. The summed E-state index contributed by atoms with van der Waals surface area (Å²) < 4.78 is 59.4. The van der Waals surface area contributed by atoms with Gasteiger partial charge in [0.1, 0.15) is 11.8 Å². The molecule has 4 rings (SSSR count). The number of Topliss-reactive ketones (excluding diaryl/α,β-unsaturated/α-hetero) is 1. The van der Waals surface area contributed by atoms with Crippen molar-refractivity contribution in [3.05, 3.63) is 40.1 Å². The molecular weight excluding hydrogens is 572 g/mol. The van der Waals surface area contributed by atoms with E-state index in [1.807, 2.05) is 0 Å². The van der Waals surface area contributed by atoms with Gasteiger partial charge in [-0.1, -0.05) is 0 Å². The van der Waals surface area contributed by atoms with Crippen LogP contribution in [0.5, 0.6) is 0 Å². The summed E-state index contributed by atoms with van der Waals surface area (Å²) in [7, 11) is 0. The molecule has 0 N–H and O–H groups in total. The molecule has 1 saturated heterocycles. The van der Waals surface area contributed by atoms with Gasteiger partial charge in [0, 0.05) is 52.4 Å². The quantitative estimate of drug-likeness (QED) is 0.355. The van der Waals surface area contributed by atoms with E-state index in [0.29, 0.717) is 21.3 Å². The molecule has 0 aromatic carbocycles. The van der Waals surface area contributed by atoms with Crippen LogP contribution in [-0.2, 0) is 22.1 Å². The van der Waals surface area contributed by atoms with Gasteiger partial charge in [0.15, 0.2) is 5.78 Å². The highest BCUT2D eigenvalue weighted by Crippen LogP contribution is 2.45. The van der Waals surface area contributed by atoms with Crippen LogP contribution in [0, 0.1) is 0 Å². The van der Waals surface area contributed by atoms with Crippen molar-refractivity contribution in [2.45, 2.75) is 95.7 Å². The number of aryl methyl sites for hydroxylation is 1. The maximum absolute atomic E-state index is 14.6. The zero-order chi connectivity index (χ0) is 28.0. The zero-order valence-corrected chi connectivity index (χ0v) is 23.1. The van der Waals surface area contributed by atoms with Crippen LogP contribution in [0.15, 0.2) is 22.9 Å². The fraction of sp³-hybridized carbons (Fsp3) is 0.577. The van der Waals surface area contributed by atoms with Gasteiger partial charge in [0.05, 0.1) is 17.8 Å². The van der Waals surface area contributed by atoms with Gasteiger partial charge in [-0.2, -0.15) is 13.2 Å². The van der Waals surface area contributed by atoms with Gasteiger partial charge in [-0.15, -0.1) is 0 Å². The molecule has 12 heteroatoms. The summed E-state index contributed by atoms with van der Waals surface area (Å²) in [5, 5.41) is 0. The fourth-order valence-corrected chi connectivity index (χ4v) is 5.23. The van der Waals surface area contributed by atoms with E-state index >= 15 is 0 Å². The molecule has 2 aromatic rings. The minimum absolute atomic E-state index is 0.00505. The molecule has 206 valence electrons. The minimum Gasteiger partial charge on any atom is -0.444 e. The third kappa shape index (κ3) is 6.32. The van der Waals surface area contributed by atoms with Crippen molar-refractivity contribution in [1.29, 1.82) is 0 Å². The van der Waals surface area contributed by atoms with Crippen LogP contribution in [0.25, 0.3) is 11.1 Å². The Hall–Kier alpha value is -2.63. The average Bonchev–Trinajstić information content (AvgIpc) is 3.61. The van der Waals surface area contributed by atoms with Crippen molar-refractivity contribution >= 4 is 27.8 Å². The van der Waals surface area contributed by atoms with Crippen molar-refractivity contribution in [2.75, 3.05) is 0 Å². The number of likely N-dealkylation sites (tertiary alicyclic amines) is 1. The maximum atomic E-state index is 14.6. The molecule has 0 spiro atoms. The van der Waals surface area contributed by atoms with Crippen LogP contribution in [0.4, 0.5) is 22.4 Å². The summed E-state index contributed by atoms with van der Waals surface area (Å²) in [5.74, 6) is -1.33. The van der Waals surface area contributed by atoms with E-state index < -0.39 is 42.0 Å². The number of alkyl halides is 4. The number of amides is 1. The molecule has 7 nitrogen and oxygen atoms in total. The standard InChI is InChI=1S/C26H29BrF4N4O3/c1-13-18(28)10-19(35(13)24(37)38-25(2,3)4)20(36)8-7-16-9-17(21(27)22(34-16)14-5-6-14)15-11-32-23(33-12-15)26(29,30)31/h9,11-14,18-19H,5-8,10H2,1-4H3/t13-,18+,19-/m0/s1. The van der Waals surface area contributed by atoms with Gasteiger partial charge in [0.2, 0.25) is 5.82 Å². The molecule has 3 heterocycles. The van der Waals surface area contributed by atoms with E-state index in [1.165, 1.54) is 4.90 Å². The molecule has 0 radical (unpaired) electrons. The highest BCUT2D eigenvalue weighted by molar-refractivity contribution is 9.10. The number of carbonyl (C=O) groups is 2. The van der Waals surface area contributed by atoms with Gasteiger partial charge in [-0.05, 0) is 69.0 Å². The van der Waals surface area contributed by atoms with E-state index in [4.69, 9.17) is 9.72 Å². The molecule has 2 aliphatic rings. The predicted octanol–water partition coefficient (Wildman–Crippen LogP) is 6.44. The zero-order valence-electron chi connectivity index (χ0n) is 21.5. The molecule has 1 amide bonds. The minimum atomic E-state index is -4.65. The second-order valence-electron chi connectivity index (χ2n) is 10.8. The number of carbonyl (C=O) groups excluding carboxylic acids is 2. The topological polar surface area (TPSA) is 85.3 Å². The van der Waals surface area contributed by atoms with E-state index in [1.54, 1.807) is 33.8 Å². The Morgan fingerprint density at radius 1 is 1.16 bits per heavy atom. The molecule has 38 heavy (non-hydrogen) atoms. The Labute approximate surface area is 226 Å². The maximum Gasteiger partial charge on any atom is 0.451 e. The SMILES string of the molecule is C[C@H]1[C@H](F)C[C@@H](C(=O)CCc2cc(-c3cnc(C(F)(F)F)nc3)c(Br)c(C3CC3)n2)N1C(=O)OC(C)(C)C. The van der Waals surface area contributed by atoms with Crippen LogP contribution in [-0.4, -0.2) is 55.6 Å². The number of hydrogen-bond acceptors (Lipinski definition) is 6. The predicted molar refractivity (Wildman–Crippen MR) is 134 cm³/mol. The molecule has 2 fully saturated rings. The molecule has 2 aromatic heterocycles. The Morgan fingerprint density at radius 2 is 1.79 bits per heavy atom. The summed E-state index contributed by atoms with van der Waals surface area (Å²) in [6, 6.07) is -0.0517. The molecule has 1 aliphatic carbocycles. The number of nitrogens with zero attached hydrogens (tertiary/aromatic N) is 4. The lowest BCUT2D eigenvalue weighted by Gasteiger charge is -2.30. The monoisotopic (exact) mass is 600 g/mol. The summed E-state index contributed by atoms with van der Waals surface area (Å²) in [6.45, 7) is 6.65. The van der Waals surface area contributed by atoms with Gasteiger partial charge in [-0.3, -0.25) is 14.7 Å². The van der Waals surface area contributed by atoms with Crippen LogP contribution in [0.1, 0.15) is 76.5 Å². The number of ether oxygens (including phenoxy) is 1. The number of pyridine rings is 1. The highest BCUT2D eigenvalue weighted by Gasteiger charge is 2.46. The largest absolute Gasteiger partial charge is 0.451 e. The van der Waals surface area contributed by atoms with Gasteiger partial charge < -0.3 is 4.74 Å². The number of aromatic nitrogens is 3. The molecule has 1 aliphatic heterocycles. The van der Waals surface area contributed by atoms with Gasteiger partial charge >= 0.3 is 12.3 Å². The van der Waals surface area contributed by atoms with Crippen molar-refractivity contribution in [3.8, 4) is 11.1 Å². The molecule has 0 unspecified atom stereocenters. The van der Waals surface area contributed by atoms with Gasteiger partial charge in [0.25, 0.3) is 0 Å². The molecule has 3 atom stereocenters. The third-order valence-corrected chi connectivity index (χ3v) is 7.40. The van der Waals surface area contributed by atoms with Crippen LogP contribution < -0.4 is 0 Å². The summed E-state index contributed by atoms with van der Waals surface area (Å²) in [6.07, 6.45) is -2.53.